The third-order valence-corrected chi connectivity index (χ3v) is 2.72. The molecule has 2 rings (SSSR count). The van der Waals surface area contributed by atoms with Crippen LogP contribution in [0.1, 0.15) is 20.8 Å². The van der Waals surface area contributed by atoms with Crippen LogP contribution in [0.5, 0.6) is 0 Å². The predicted molar refractivity (Wildman–Crippen MR) is 70.9 cm³/mol. The third kappa shape index (κ3) is 4.98. The van der Waals surface area contributed by atoms with Crippen LogP contribution >= 0.6 is 0 Å². The summed E-state index contributed by atoms with van der Waals surface area (Å²) in [7, 11) is 0. The van der Waals surface area contributed by atoms with E-state index in [1.807, 2.05) is 20.8 Å². The largest absolute Gasteiger partial charge is 0.444 e. The summed E-state index contributed by atoms with van der Waals surface area (Å²) in [6.07, 6.45) is 2.94. The van der Waals surface area contributed by atoms with Crippen LogP contribution in [-0.4, -0.2) is 52.7 Å². The first-order chi connectivity index (χ1) is 8.96. The Hall–Kier alpha value is -0.746. The van der Waals surface area contributed by atoms with E-state index in [1.54, 1.807) is 17.3 Å². The SMILES string of the molecule is CC(C)(C)OC(=O)N1CCN(c2nc[c-]cn2)CC1.[Y]. The van der Waals surface area contributed by atoms with Gasteiger partial charge in [-0.05, 0) is 20.8 Å². The quantitative estimate of drug-likeness (QED) is 0.714. The van der Waals surface area contributed by atoms with E-state index < -0.39 is 5.60 Å². The first kappa shape index (κ1) is 17.3. The molecule has 1 aliphatic rings. The molecule has 1 radical (unpaired) electrons. The van der Waals surface area contributed by atoms with Crippen LogP contribution in [0.4, 0.5) is 10.7 Å². The second kappa shape index (κ2) is 7.32. The van der Waals surface area contributed by atoms with Crippen molar-refractivity contribution in [3.63, 3.8) is 0 Å². The van der Waals surface area contributed by atoms with Crippen molar-refractivity contribution < 1.29 is 42.2 Å². The molecule has 7 heteroatoms. The van der Waals surface area contributed by atoms with Crippen LogP contribution < -0.4 is 4.90 Å². The first-order valence-corrected chi connectivity index (χ1v) is 6.37. The average Bonchev–Trinajstić information content (AvgIpc) is 2.38. The van der Waals surface area contributed by atoms with E-state index in [0.29, 0.717) is 32.1 Å². The van der Waals surface area contributed by atoms with Gasteiger partial charge >= 0.3 is 6.09 Å². The fraction of sp³-hybridized carbons (Fsp3) is 0.615. The Bertz CT molecular complexity index is 428. The minimum atomic E-state index is -0.452. The summed E-state index contributed by atoms with van der Waals surface area (Å²) in [5.74, 6) is 0.683. The number of hydrogen-bond donors (Lipinski definition) is 0. The molecule has 1 amide bonds. The van der Waals surface area contributed by atoms with Gasteiger partial charge in [0.15, 0.2) is 0 Å². The van der Waals surface area contributed by atoms with Crippen LogP contribution in [0.3, 0.4) is 0 Å². The Balaban J connectivity index is 0.00000200. The molecule has 2 heterocycles. The van der Waals surface area contributed by atoms with Crippen molar-refractivity contribution >= 4 is 12.0 Å². The summed E-state index contributed by atoms with van der Waals surface area (Å²) in [6.45, 7) is 8.28. The molecule has 0 N–H and O–H groups in total. The van der Waals surface area contributed by atoms with Crippen LogP contribution in [0.2, 0.25) is 0 Å². The van der Waals surface area contributed by atoms with E-state index >= 15 is 0 Å². The van der Waals surface area contributed by atoms with Crippen molar-refractivity contribution in [2.24, 2.45) is 0 Å². The molecule has 6 nitrogen and oxygen atoms in total. The summed E-state index contributed by atoms with van der Waals surface area (Å²) < 4.78 is 5.35. The van der Waals surface area contributed by atoms with Gasteiger partial charge in [-0.25, -0.2) is 4.79 Å². The zero-order valence-electron chi connectivity index (χ0n) is 12.2. The molecular weight excluding hydrogens is 333 g/mol. The zero-order chi connectivity index (χ0) is 13.9. The number of carbonyl (C=O) groups is 1. The van der Waals surface area contributed by atoms with Crippen LogP contribution in [0.15, 0.2) is 12.4 Å². The molecule has 1 aromatic rings. The maximum absolute atomic E-state index is 11.9. The molecule has 1 aliphatic heterocycles. The summed E-state index contributed by atoms with van der Waals surface area (Å²) in [5, 5.41) is 0. The van der Waals surface area contributed by atoms with Gasteiger partial charge in [-0.1, -0.05) is 0 Å². The molecule has 1 fully saturated rings. The molecule has 0 aliphatic carbocycles. The van der Waals surface area contributed by atoms with E-state index in [-0.39, 0.29) is 38.8 Å². The van der Waals surface area contributed by atoms with Gasteiger partial charge in [-0.3, -0.25) is 9.97 Å². The molecule has 1 aromatic heterocycles. The Morgan fingerprint density at radius 2 is 1.75 bits per heavy atom. The Morgan fingerprint density at radius 1 is 1.20 bits per heavy atom. The fourth-order valence-electron chi connectivity index (χ4n) is 1.84. The van der Waals surface area contributed by atoms with E-state index in [2.05, 4.69) is 20.9 Å². The molecule has 1 saturated heterocycles. The zero-order valence-corrected chi connectivity index (χ0v) is 15.0. The van der Waals surface area contributed by atoms with Crippen LogP contribution in [-0.2, 0) is 37.4 Å². The number of carbonyl (C=O) groups excluding carboxylic acids is 1. The van der Waals surface area contributed by atoms with Gasteiger partial charge in [0.25, 0.3) is 0 Å². The van der Waals surface area contributed by atoms with Crippen LogP contribution in [0, 0.1) is 6.07 Å². The number of rotatable bonds is 1. The topological polar surface area (TPSA) is 58.6 Å². The third-order valence-electron chi connectivity index (χ3n) is 2.72. The van der Waals surface area contributed by atoms with Crippen LogP contribution in [0.25, 0.3) is 0 Å². The van der Waals surface area contributed by atoms with Crippen molar-refractivity contribution in [2.45, 2.75) is 26.4 Å². The monoisotopic (exact) mass is 352 g/mol. The predicted octanol–water partition coefficient (Wildman–Crippen LogP) is 1.33. The number of aromatic nitrogens is 2. The fourth-order valence-corrected chi connectivity index (χ4v) is 1.84. The average molecular weight is 352 g/mol. The summed E-state index contributed by atoms with van der Waals surface area (Å²) >= 11 is 0. The standard InChI is InChI=1S/C13H19N4O2.Y/c1-13(2,3)19-12(18)17-9-7-16(8-10-17)11-14-5-4-6-15-11;/h5-6H,7-10H2,1-3H3;/q-1;. The number of piperazine rings is 1. The maximum Gasteiger partial charge on any atom is 0.410 e. The van der Waals surface area contributed by atoms with E-state index in [9.17, 15) is 4.79 Å². The molecule has 0 unspecified atom stereocenters. The number of anilines is 1. The molecule has 20 heavy (non-hydrogen) atoms. The van der Waals surface area contributed by atoms with Crippen molar-refractivity contribution in [3.05, 3.63) is 18.5 Å². The van der Waals surface area contributed by atoms with Crippen molar-refractivity contribution in [1.82, 2.24) is 14.9 Å². The second-order valence-corrected chi connectivity index (χ2v) is 5.44. The second-order valence-electron chi connectivity index (χ2n) is 5.44. The molecular formula is C13H19N4O2Y-. The minimum Gasteiger partial charge on any atom is -0.444 e. The summed E-state index contributed by atoms with van der Waals surface area (Å²) in [5.41, 5.74) is -0.452. The number of amides is 1. The maximum atomic E-state index is 11.9. The van der Waals surface area contributed by atoms with E-state index in [4.69, 9.17) is 4.74 Å². The van der Waals surface area contributed by atoms with E-state index in [0.717, 1.165) is 0 Å². The molecule has 0 spiro atoms. The van der Waals surface area contributed by atoms with Crippen molar-refractivity contribution in [3.8, 4) is 0 Å². The van der Waals surface area contributed by atoms with Gasteiger partial charge < -0.3 is 20.6 Å². The van der Waals surface area contributed by atoms with Gasteiger partial charge in [0.05, 0.1) is 0 Å². The number of hydrogen-bond acceptors (Lipinski definition) is 5. The summed E-state index contributed by atoms with van der Waals surface area (Å²) in [4.78, 5) is 24.0. The first-order valence-electron chi connectivity index (χ1n) is 6.37. The molecule has 0 aromatic carbocycles. The minimum absolute atomic E-state index is 0. The van der Waals surface area contributed by atoms with Gasteiger partial charge in [0.1, 0.15) is 5.60 Å². The summed E-state index contributed by atoms with van der Waals surface area (Å²) in [6, 6.07) is 2.79. The van der Waals surface area contributed by atoms with Gasteiger partial charge in [-0.2, -0.15) is 0 Å². The van der Waals surface area contributed by atoms with Crippen molar-refractivity contribution in [2.75, 3.05) is 31.1 Å². The van der Waals surface area contributed by atoms with Gasteiger partial charge in [0, 0.05) is 58.9 Å². The van der Waals surface area contributed by atoms with Gasteiger partial charge in [0.2, 0.25) is 5.95 Å². The Morgan fingerprint density at radius 3 is 2.25 bits per heavy atom. The molecule has 107 valence electrons. The molecule has 0 bridgehead atoms. The normalized spacial score (nSPS) is 15.6. The molecule has 0 saturated carbocycles. The smallest absolute Gasteiger partial charge is 0.410 e. The Labute approximate surface area is 144 Å². The van der Waals surface area contributed by atoms with Crippen molar-refractivity contribution in [1.29, 1.82) is 0 Å². The van der Waals surface area contributed by atoms with E-state index in [1.165, 1.54) is 0 Å². The number of ether oxygens (including phenoxy) is 1. The van der Waals surface area contributed by atoms with Gasteiger partial charge in [-0.15, -0.1) is 12.4 Å². The Kier molecular flexibility index (Phi) is 6.33. The molecule has 0 atom stereocenters. The number of nitrogens with zero attached hydrogens (tertiary/aromatic N) is 4.